The minimum Gasteiger partial charge on any atom is -0.356 e. The lowest BCUT2D eigenvalue weighted by molar-refractivity contribution is 0.304. The molecule has 1 aromatic heterocycles. The number of hydrogen-bond donors (Lipinski definition) is 1. The number of anilines is 1. The third-order valence-electron chi connectivity index (χ3n) is 3.67. The van der Waals surface area contributed by atoms with E-state index in [0.29, 0.717) is 5.56 Å². The Balaban J connectivity index is 2.08. The summed E-state index contributed by atoms with van der Waals surface area (Å²) in [6.07, 6.45) is 3.91. The molecule has 4 heteroatoms. The molecule has 1 aromatic rings. The van der Waals surface area contributed by atoms with Crippen LogP contribution in [0.1, 0.15) is 25.3 Å². The Hall–Kier alpha value is -1.60. The maximum atomic E-state index is 8.88. The van der Waals surface area contributed by atoms with E-state index in [4.69, 9.17) is 5.26 Å². The van der Waals surface area contributed by atoms with Crippen LogP contribution in [0, 0.1) is 11.3 Å². The molecule has 2 rings (SSSR count). The molecule has 1 N–H and O–H groups in total. The Bertz CT molecular complexity index is 427. The fourth-order valence-electron chi connectivity index (χ4n) is 2.14. The number of nitriles is 1. The van der Waals surface area contributed by atoms with Gasteiger partial charge in [-0.3, -0.25) is 0 Å². The number of piperidine rings is 1. The van der Waals surface area contributed by atoms with Crippen molar-refractivity contribution < 1.29 is 0 Å². The normalized spacial score (nSPS) is 18.8. The standard InChI is InChI=1S/C13H18N4/c1-13(15-2)4-7-17(8-5-13)12-9-11(10-14)3-6-16-12/h3,6,9,15H,4-5,7-8H2,1-2H3. The quantitative estimate of drug-likeness (QED) is 0.837. The molecule has 0 atom stereocenters. The van der Waals surface area contributed by atoms with Crippen LogP contribution in [0.2, 0.25) is 0 Å². The maximum absolute atomic E-state index is 8.88. The fraction of sp³-hybridized carbons (Fsp3) is 0.538. The van der Waals surface area contributed by atoms with Gasteiger partial charge >= 0.3 is 0 Å². The first-order valence-electron chi connectivity index (χ1n) is 5.97. The molecule has 0 spiro atoms. The lowest BCUT2D eigenvalue weighted by Crippen LogP contribution is -2.50. The molecule has 4 nitrogen and oxygen atoms in total. The molecule has 1 aliphatic rings. The zero-order valence-corrected chi connectivity index (χ0v) is 10.4. The van der Waals surface area contributed by atoms with E-state index in [9.17, 15) is 0 Å². The molecule has 1 fully saturated rings. The Morgan fingerprint density at radius 1 is 1.47 bits per heavy atom. The SMILES string of the molecule is CNC1(C)CCN(c2cc(C#N)ccn2)CC1. The second-order valence-corrected chi connectivity index (χ2v) is 4.81. The summed E-state index contributed by atoms with van der Waals surface area (Å²) in [5.41, 5.74) is 0.917. The van der Waals surface area contributed by atoms with Gasteiger partial charge in [-0.25, -0.2) is 4.98 Å². The van der Waals surface area contributed by atoms with E-state index in [1.807, 2.05) is 13.1 Å². The Morgan fingerprint density at radius 3 is 2.76 bits per heavy atom. The van der Waals surface area contributed by atoms with Crippen LogP contribution in [0.25, 0.3) is 0 Å². The molecule has 1 saturated heterocycles. The second-order valence-electron chi connectivity index (χ2n) is 4.81. The van der Waals surface area contributed by atoms with E-state index in [1.165, 1.54) is 0 Å². The van der Waals surface area contributed by atoms with Crippen molar-refractivity contribution in [3.63, 3.8) is 0 Å². The van der Waals surface area contributed by atoms with Gasteiger partial charge in [0.1, 0.15) is 5.82 Å². The zero-order chi connectivity index (χ0) is 12.3. The van der Waals surface area contributed by atoms with Crippen molar-refractivity contribution in [1.29, 1.82) is 5.26 Å². The minimum atomic E-state index is 0.239. The lowest BCUT2D eigenvalue weighted by Gasteiger charge is -2.39. The van der Waals surface area contributed by atoms with Gasteiger partial charge in [0.05, 0.1) is 11.6 Å². The van der Waals surface area contributed by atoms with Crippen molar-refractivity contribution in [3.8, 4) is 6.07 Å². The summed E-state index contributed by atoms with van der Waals surface area (Å²) in [7, 11) is 2.02. The summed E-state index contributed by atoms with van der Waals surface area (Å²) < 4.78 is 0. The third kappa shape index (κ3) is 2.56. The van der Waals surface area contributed by atoms with Gasteiger partial charge in [0.25, 0.3) is 0 Å². The van der Waals surface area contributed by atoms with Gasteiger partial charge in [0.2, 0.25) is 0 Å². The van der Waals surface area contributed by atoms with Crippen LogP contribution in [0.15, 0.2) is 18.3 Å². The number of nitrogens with zero attached hydrogens (tertiary/aromatic N) is 3. The third-order valence-corrected chi connectivity index (χ3v) is 3.67. The number of hydrogen-bond acceptors (Lipinski definition) is 4. The van der Waals surface area contributed by atoms with Crippen LogP contribution >= 0.6 is 0 Å². The van der Waals surface area contributed by atoms with E-state index < -0.39 is 0 Å². The van der Waals surface area contributed by atoms with Crippen LogP contribution in [0.3, 0.4) is 0 Å². The summed E-state index contributed by atoms with van der Waals surface area (Å²) in [5, 5.41) is 12.3. The fourth-order valence-corrected chi connectivity index (χ4v) is 2.14. The summed E-state index contributed by atoms with van der Waals surface area (Å²) in [6.45, 7) is 4.22. The Morgan fingerprint density at radius 2 is 2.18 bits per heavy atom. The van der Waals surface area contributed by atoms with Gasteiger partial charge in [0.15, 0.2) is 0 Å². The topological polar surface area (TPSA) is 52.0 Å². The highest BCUT2D eigenvalue weighted by atomic mass is 15.2. The molecule has 90 valence electrons. The molecule has 0 radical (unpaired) electrons. The van der Waals surface area contributed by atoms with Gasteiger partial charge in [-0.2, -0.15) is 5.26 Å². The molecule has 0 unspecified atom stereocenters. The van der Waals surface area contributed by atoms with E-state index in [-0.39, 0.29) is 5.54 Å². The lowest BCUT2D eigenvalue weighted by atomic mass is 9.90. The number of rotatable bonds is 2. The molecule has 0 amide bonds. The zero-order valence-electron chi connectivity index (χ0n) is 10.4. The van der Waals surface area contributed by atoms with Crippen molar-refractivity contribution in [2.24, 2.45) is 0 Å². The van der Waals surface area contributed by atoms with Crippen molar-refractivity contribution >= 4 is 5.82 Å². The molecule has 0 bridgehead atoms. The van der Waals surface area contributed by atoms with E-state index in [2.05, 4.69) is 28.2 Å². The molecular weight excluding hydrogens is 212 g/mol. The van der Waals surface area contributed by atoms with Gasteiger partial charge < -0.3 is 10.2 Å². The van der Waals surface area contributed by atoms with Gasteiger partial charge in [-0.05, 0) is 38.9 Å². The molecule has 0 aromatic carbocycles. The van der Waals surface area contributed by atoms with Crippen LogP contribution in [-0.4, -0.2) is 30.7 Å². The average Bonchev–Trinajstić information content (AvgIpc) is 2.40. The largest absolute Gasteiger partial charge is 0.356 e. The Labute approximate surface area is 102 Å². The Kier molecular flexibility index (Phi) is 3.30. The smallest absolute Gasteiger partial charge is 0.129 e. The molecule has 2 heterocycles. The van der Waals surface area contributed by atoms with Crippen LogP contribution < -0.4 is 10.2 Å². The van der Waals surface area contributed by atoms with Crippen LogP contribution in [0.4, 0.5) is 5.82 Å². The first-order chi connectivity index (χ1) is 8.17. The van der Waals surface area contributed by atoms with Crippen LogP contribution in [0.5, 0.6) is 0 Å². The van der Waals surface area contributed by atoms with E-state index in [0.717, 1.165) is 31.7 Å². The van der Waals surface area contributed by atoms with E-state index in [1.54, 1.807) is 12.3 Å². The molecule has 0 saturated carbocycles. The second kappa shape index (κ2) is 4.72. The number of pyridine rings is 1. The highest BCUT2D eigenvalue weighted by molar-refractivity contribution is 5.45. The average molecular weight is 230 g/mol. The molecule has 0 aliphatic carbocycles. The summed E-state index contributed by atoms with van der Waals surface area (Å²) in [5.74, 6) is 0.919. The first kappa shape index (κ1) is 11.9. The monoisotopic (exact) mass is 230 g/mol. The van der Waals surface area contributed by atoms with Crippen LogP contribution in [-0.2, 0) is 0 Å². The molecule has 1 aliphatic heterocycles. The predicted molar refractivity (Wildman–Crippen MR) is 67.9 cm³/mol. The predicted octanol–water partition coefficient (Wildman–Crippen LogP) is 1.53. The van der Waals surface area contributed by atoms with Crippen molar-refractivity contribution in [3.05, 3.63) is 23.9 Å². The number of nitrogens with one attached hydrogen (secondary N) is 1. The van der Waals surface area contributed by atoms with E-state index >= 15 is 0 Å². The summed E-state index contributed by atoms with van der Waals surface area (Å²) in [6, 6.07) is 5.76. The van der Waals surface area contributed by atoms with Gasteiger partial charge in [-0.1, -0.05) is 0 Å². The highest BCUT2D eigenvalue weighted by Gasteiger charge is 2.28. The summed E-state index contributed by atoms with van der Waals surface area (Å²) >= 11 is 0. The van der Waals surface area contributed by atoms with Gasteiger partial charge in [-0.15, -0.1) is 0 Å². The van der Waals surface area contributed by atoms with Gasteiger partial charge in [0, 0.05) is 24.8 Å². The first-order valence-corrected chi connectivity index (χ1v) is 5.97. The summed E-state index contributed by atoms with van der Waals surface area (Å²) in [4.78, 5) is 6.59. The highest BCUT2D eigenvalue weighted by Crippen LogP contribution is 2.24. The van der Waals surface area contributed by atoms with Crippen molar-refractivity contribution in [2.45, 2.75) is 25.3 Å². The molecule has 17 heavy (non-hydrogen) atoms. The number of aromatic nitrogens is 1. The van der Waals surface area contributed by atoms with Crippen molar-refractivity contribution in [2.75, 3.05) is 25.0 Å². The van der Waals surface area contributed by atoms with Crippen molar-refractivity contribution in [1.82, 2.24) is 10.3 Å². The maximum Gasteiger partial charge on any atom is 0.129 e. The molecular formula is C13H18N4. The minimum absolute atomic E-state index is 0.239.